The van der Waals surface area contributed by atoms with Crippen molar-refractivity contribution in [3.8, 4) is 0 Å². The molecule has 2 rings (SSSR count). The highest BCUT2D eigenvalue weighted by Gasteiger charge is 2.13. The van der Waals surface area contributed by atoms with E-state index in [0.29, 0.717) is 5.56 Å². The van der Waals surface area contributed by atoms with Gasteiger partial charge in [0.05, 0.1) is 5.69 Å². The lowest BCUT2D eigenvalue weighted by molar-refractivity contribution is 0.262. The molecule has 23 heavy (non-hydrogen) atoms. The van der Waals surface area contributed by atoms with E-state index in [4.69, 9.17) is 28.3 Å². The minimum atomic E-state index is -1.06. The molecule has 0 unspecified atom stereocenters. The highest BCUT2D eigenvalue weighted by atomic mass is 35.5. The van der Waals surface area contributed by atoms with Crippen LogP contribution in [-0.4, -0.2) is 22.7 Å². The number of carbonyl (C=O) groups is 1. The molecule has 122 valence electrons. The minimum absolute atomic E-state index is 0.107. The van der Waals surface area contributed by atoms with E-state index in [1.54, 1.807) is 0 Å². The van der Waals surface area contributed by atoms with Crippen LogP contribution in [0.15, 0.2) is 24.3 Å². The molecule has 0 aliphatic carbocycles. The zero-order chi connectivity index (χ0) is 17.0. The van der Waals surface area contributed by atoms with Crippen LogP contribution >= 0.6 is 23.2 Å². The van der Waals surface area contributed by atoms with Crippen LogP contribution in [0.5, 0.6) is 0 Å². The number of rotatable bonds is 4. The van der Waals surface area contributed by atoms with Crippen LogP contribution in [0.2, 0.25) is 10.0 Å². The molecule has 1 aromatic carbocycles. The molecule has 0 bridgehead atoms. The highest BCUT2D eigenvalue weighted by Crippen LogP contribution is 2.29. The van der Waals surface area contributed by atoms with Gasteiger partial charge in [0, 0.05) is 34.5 Å². The number of aliphatic hydroxyl groups is 1. The van der Waals surface area contributed by atoms with Crippen molar-refractivity contribution >= 4 is 40.6 Å². The van der Waals surface area contributed by atoms with E-state index in [2.05, 4.69) is 15.6 Å². The van der Waals surface area contributed by atoms with Gasteiger partial charge < -0.3 is 15.7 Å². The largest absolute Gasteiger partial charge is 0.396 e. The van der Waals surface area contributed by atoms with Gasteiger partial charge in [0.15, 0.2) is 0 Å². The van der Waals surface area contributed by atoms with E-state index in [0.717, 1.165) is 12.1 Å². The first-order valence-electron chi connectivity index (χ1n) is 6.39. The van der Waals surface area contributed by atoms with Crippen molar-refractivity contribution in [2.75, 3.05) is 17.2 Å². The molecule has 0 spiro atoms. The van der Waals surface area contributed by atoms with Gasteiger partial charge in [-0.3, -0.25) is 0 Å². The van der Waals surface area contributed by atoms with E-state index in [1.165, 1.54) is 12.1 Å². The molecule has 1 heterocycles. The standard InChI is InChI=1S/C14H11Cl2F2N3O2/c15-7-3-10(16)9(1-2-22)11(4-7)20-14(23)19-8-5-12(17)21-13(18)6-8/h3-6,22H,1-2H2,(H2,19,20,21,23). The molecule has 0 atom stereocenters. The molecular weight excluding hydrogens is 351 g/mol. The maximum absolute atomic E-state index is 13.0. The minimum Gasteiger partial charge on any atom is -0.396 e. The Labute approximate surface area is 140 Å². The molecule has 5 nitrogen and oxygen atoms in total. The number of nitrogens with zero attached hydrogens (tertiary/aromatic N) is 1. The zero-order valence-corrected chi connectivity index (χ0v) is 13.1. The van der Waals surface area contributed by atoms with Crippen LogP contribution in [0, 0.1) is 11.9 Å². The molecule has 0 fully saturated rings. The fourth-order valence-corrected chi connectivity index (χ4v) is 2.49. The Morgan fingerprint density at radius 1 is 1.13 bits per heavy atom. The topological polar surface area (TPSA) is 74.2 Å². The van der Waals surface area contributed by atoms with Gasteiger partial charge in [-0.05, 0) is 24.1 Å². The van der Waals surface area contributed by atoms with Gasteiger partial charge in [0.1, 0.15) is 0 Å². The number of amides is 2. The summed E-state index contributed by atoms with van der Waals surface area (Å²) in [6.07, 6.45) is 0.199. The van der Waals surface area contributed by atoms with Gasteiger partial charge in [0.25, 0.3) is 0 Å². The second-order valence-corrected chi connectivity index (χ2v) is 5.31. The Bertz CT molecular complexity index is 724. The number of benzene rings is 1. The Kier molecular flexibility index (Phi) is 5.70. The molecule has 0 aliphatic heterocycles. The number of aliphatic hydroxyl groups excluding tert-OH is 1. The summed E-state index contributed by atoms with van der Waals surface area (Å²) in [5, 5.41) is 14.4. The third-order valence-corrected chi connectivity index (χ3v) is 3.35. The number of aromatic nitrogens is 1. The molecule has 2 aromatic rings. The Hall–Kier alpha value is -1.96. The van der Waals surface area contributed by atoms with Crippen LogP contribution < -0.4 is 10.6 Å². The number of anilines is 2. The molecule has 2 amide bonds. The average Bonchev–Trinajstić information content (AvgIpc) is 2.41. The van der Waals surface area contributed by atoms with Crippen molar-refractivity contribution in [1.82, 2.24) is 4.98 Å². The van der Waals surface area contributed by atoms with Crippen LogP contribution in [0.3, 0.4) is 0 Å². The summed E-state index contributed by atoms with van der Waals surface area (Å²) in [6.45, 7) is -0.182. The molecular formula is C14H11Cl2F2N3O2. The first-order valence-corrected chi connectivity index (χ1v) is 7.14. The zero-order valence-electron chi connectivity index (χ0n) is 11.5. The second kappa shape index (κ2) is 7.54. The Balaban J connectivity index is 2.19. The van der Waals surface area contributed by atoms with Gasteiger partial charge in [-0.15, -0.1) is 0 Å². The van der Waals surface area contributed by atoms with E-state index in [1.807, 2.05) is 0 Å². The van der Waals surface area contributed by atoms with Crippen molar-refractivity contribution in [2.45, 2.75) is 6.42 Å². The summed E-state index contributed by atoms with van der Waals surface area (Å²) in [5.41, 5.74) is 0.661. The summed E-state index contributed by atoms with van der Waals surface area (Å²) in [7, 11) is 0. The number of halogens is 4. The molecule has 0 saturated carbocycles. The SMILES string of the molecule is O=C(Nc1cc(F)nc(F)c1)Nc1cc(Cl)cc(Cl)c1CCO. The summed E-state index contributed by atoms with van der Waals surface area (Å²) >= 11 is 11.9. The van der Waals surface area contributed by atoms with Gasteiger partial charge in [-0.1, -0.05) is 23.2 Å². The molecule has 1 aromatic heterocycles. The molecule has 0 radical (unpaired) electrons. The highest BCUT2D eigenvalue weighted by molar-refractivity contribution is 6.35. The number of hydrogen-bond donors (Lipinski definition) is 3. The van der Waals surface area contributed by atoms with Crippen molar-refractivity contribution < 1.29 is 18.7 Å². The van der Waals surface area contributed by atoms with Crippen molar-refractivity contribution in [3.05, 3.63) is 51.8 Å². The average molecular weight is 362 g/mol. The van der Waals surface area contributed by atoms with Gasteiger partial charge >= 0.3 is 6.03 Å². The third kappa shape index (κ3) is 4.75. The second-order valence-electron chi connectivity index (χ2n) is 4.47. The van der Waals surface area contributed by atoms with Gasteiger partial charge in [-0.2, -0.15) is 13.8 Å². The first-order chi connectivity index (χ1) is 10.9. The maximum Gasteiger partial charge on any atom is 0.323 e. The van der Waals surface area contributed by atoms with E-state index >= 15 is 0 Å². The van der Waals surface area contributed by atoms with Crippen LogP contribution in [-0.2, 0) is 6.42 Å². The van der Waals surface area contributed by atoms with E-state index in [9.17, 15) is 13.6 Å². The molecule has 0 aliphatic rings. The lowest BCUT2D eigenvalue weighted by Gasteiger charge is -2.13. The van der Waals surface area contributed by atoms with Crippen LogP contribution in [0.25, 0.3) is 0 Å². The first kappa shape index (κ1) is 17.4. The number of urea groups is 1. The van der Waals surface area contributed by atoms with Crippen LogP contribution in [0.4, 0.5) is 25.0 Å². The van der Waals surface area contributed by atoms with E-state index in [-0.39, 0.29) is 34.4 Å². The monoisotopic (exact) mass is 361 g/mol. The number of nitrogens with one attached hydrogen (secondary N) is 2. The quantitative estimate of drug-likeness (QED) is 0.724. The predicted molar refractivity (Wildman–Crippen MR) is 84.0 cm³/mol. The van der Waals surface area contributed by atoms with Gasteiger partial charge in [0.2, 0.25) is 11.9 Å². The van der Waals surface area contributed by atoms with E-state index < -0.39 is 17.9 Å². The fourth-order valence-electron chi connectivity index (χ4n) is 1.90. The molecule has 0 saturated heterocycles. The molecule has 9 heteroatoms. The van der Waals surface area contributed by atoms with Crippen molar-refractivity contribution in [3.63, 3.8) is 0 Å². The molecule has 3 N–H and O–H groups in total. The smallest absolute Gasteiger partial charge is 0.323 e. The predicted octanol–water partition coefficient (Wildman–Crippen LogP) is 3.85. The van der Waals surface area contributed by atoms with Crippen molar-refractivity contribution in [1.29, 1.82) is 0 Å². The fraction of sp³-hybridized carbons (Fsp3) is 0.143. The summed E-state index contributed by atoms with van der Waals surface area (Å²) in [4.78, 5) is 14.9. The summed E-state index contributed by atoms with van der Waals surface area (Å²) in [5.74, 6) is -2.13. The maximum atomic E-state index is 13.0. The number of pyridine rings is 1. The lowest BCUT2D eigenvalue weighted by atomic mass is 10.1. The summed E-state index contributed by atoms with van der Waals surface area (Å²) < 4.78 is 26.0. The number of hydrogen-bond acceptors (Lipinski definition) is 3. The Morgan fingerprint density at radius 3 is 2.39 bits per heavy atom. The summed E-state index contributed by atoms with van der Waals surface area (Å²) in [6, 6.07) is 3.90. The number of carbonyl (C=O) groups excluding carboxylic acids is 1. The normalized spacial score (nSPS) is 10.5. The van der Waals surface area contributed by atoms with Crippen molar-refractivity contribution in [2.24, 2.45) is 0 Å². The van der Waals surface area contributed by atoms with Gasteiger partial charge in [-0.25, -0.2) is 4.79 Å². The van der Waals surface area contributed by atoms with Crippen LogP contribution in [0.1, 0.15) is 5.56 Å². The third-order valence-electron chi connectivity index (χ3n) is 2.79. The lowest BCUT2D eigenvalue weighted by Crippen LogP contribution is -2.21. The Morgan fingerprint density at radius 2 is 1.78 bits per heavy atom.